The molecule has 0 bridgehead atoms. The van der Waals surface area contributed by atoms with Crippen molar-refractivity contribution in [3.05, 3.63) is 34.6 Å². The summed E-state index contributed by atoms with van der Waals surface area (Å²) >= 11 is 5.87. The van der Waals surface area contributed by atoms with Crippen molar-refractivity contribution in [1.82, 2.24) is 0 Å². The molecule has 0 saturated heterocycles. The number of hydrogen-bond acceptors (Lipinski definition) is 1. The minimum absolute atomic E-state index is 0.189. The molecule has 1 aliphatic carbocycles. The summed E-state index contributed by atoms with van der Waals surface area (Å²) in [7, 11) is 0. The zero-order chi connectivity index (χ0) is 9.47. The van der Waals surface area contributed by atoms with Crippen LogP contribution in [0.2, 0.25) is 5.02 Å². The second kappa shape index (κ2) is 2.96. The van der Waals surface area contributed by atoms with E-state index in [0.717, 1.165) is 12.8 Å². The molecular formula is C10H11ClFN. The van der Waals surface area contributed by atoms with Gasteiger partial charge in [0.25, 0.3) is 0 Å². The van der Waals surface area contributed by atoms with Gasteiger partial charge in [-0.3, -0.25) is 0 Å². The highest BCUT2D eigenvalue weighted by Crippen LogP contribution is 2.37. The SMILES string of the molecule is NC1(Cc2c(F)cccc2Cl)CC1. The molecule has 1 fully saturated rings. The van der Waals surface area contributed by atoms with E-state index < -0.39 is 0 Å². The zero-order valence-electron chi connectivity index (χ0n) is 7.19. The molecule has 1 nitrogen and oxygen atoms in total. The highest BCUT2D eigenvalue weighted by atomic mass is 35.5. The fourth-order valence-corrected chi connectivity index (χ4v) is 1.62. The summed E-state index contributed by atoms with van der Waals surface area (Å²) in [5, 5.41) is 0.483. The number of hydrogen-bond donors (Lipinski definition) is 1. The Morgan fingerprint density at radius 2 is 2.15 bits per heavy atom. The van der Waals surface area contributed by atoms with Crippen molar-refractivity contribution in [2.45, 2.75) is 24.8 Å². The highest BCUT2D eigenvalue weighted by molar-refractivity contribution is 6.31. The molecule has 0 radical (unpaired) electrons. The Balaban J connectivity index is 2.28. The largest absolute Gasteiger partial charge is 0.325 e. The molecule has 0 atom stereocenters. The average molecular weight is 200 g/mol. The molecule has 3 heteroatoms. The third kappa shape index (κ3) is 1.84. The topological polar surface area (TPSA) is 26.0 Å². The average Bonchev–Trinajstić information content (AvgIpc) is 2.78. The Labute approximate surface area is 81.7 Å². The first-order chi connectivity index (χ1) is 6.11. The number of nitrogens with two attached hydrogens (primary N) is 1. The summed E-state index contributed by atoms with van der Waals surface area (Å²) in [4.78, 5) is 0. The lowest BCUT2D eigenvalue weighted by Crippen LogP contribution is -2.25. The van der Waals surface area contributed by atoms with Gasteiger partial charge >= 0.3 is 0 Å². The van der Waals surface area contributed by atoms with Gasteiger partial charge in [0, 0.05) is 16.1 Å². The van der Waals surface area contributed by atoms with Crippen LogP contribution in [0.15, 0.2) is 18.2 Å². The third-order valence-corrected chi connectivity index (χ3v) is 2.84. The molecule has 0 amide bonds. The predicted octanol–water partition coefficient (Wildman–Crippen LogP) is 2.51. The van der Waals surface area contributed by atoms with E-state index in [1.807, 2.05) is 0 Å². The second-order valence-electron chi connectivity index (χ2n) is 3.74. The van der Waals surface area contributed by atoms with E-state index in [0.29, 0.717) is 17.0 Å². The molecule has 0 heterocycles. The minimum atomic E-state index is -0.246. The molecule has 2 N–H and O–H groups in total. The van der Waals surface area contributed by atoms with E-state index >= 15 is 0 Å². The van der Waals surface area contributed by atoms with Crippen molar-refractivity contribution in [2.75, 3.05) is 0 Å². The molecule has 0 aromatic heterocycles. The quantitative estimate of drug-likeness (QED) is 0.778. The Morgan fingerprint density at radius 1 is 1.46 bits per heavy atom. The van der Waals surface area contributed by atoms with Crippen molar-refractivity contribution in [2.24, 2.45) is 5.73 Å². The van der Waals surface area contributed by atoms with E-state index in [1.165, 1.54) is 6.07 Å². The smallest absolute Gasteiger partial charge is 0.127 e. The number of rotatable bonds is 2. The summed E-state index contributed by atoms with van der Waals surface area (Å²) in [5.74, 6) is -0.246. The van der Waals surface area contributed by atoms with Crippen LogP contribution in [-0.2, 0) is 6.42 Å². The Hall–Kier alpha value is -0.600. The van der Waals surface area contributed by atoms with Gasteiger partial charge in [0.2, 0.25) is 0 Å². The zero-order valence-corrected chi connectivity index (χ0v) is 7.94. The van der Waals surface area contributed by atoms with Crippen LogP contribution in [0, 0.1) is 5.82 Å². The van der Waals surface area contributed by atoms with Crippen LogP contribution >= 0.6 is 11.6 Å². The lowest BCUT2D eigenvalue weighted by molar-refractivity contribution is 0.582. The second-order valence-corrected chi connectivity index (χ2v) is 4.15. The molecule has 70 valence electrons. The molecule has 1 aromatic carbocycles. The van der Waals surface area contributed by atoms with Gasteiger partial charge in [-0.05, 0) is 31.4 Å². The molecule has 0 spiro atoms. The van der Waals surface area contributed by atoms with Crippen molar-refractivity contribution in [3.8, 4) is 0 Å². The molecular weight excluding hydrogens is 189 g/mol. The van der Waals surface area contributed by atoms with E-state index in [-0.39, 0.29) is 11.4 Å². The predicted molar refractivity (Wildman–Crippen MR) is 51.3 cm³/mol. The van der Waals surface area contributed by atoms with Gasteiger partial charge in [-0.1, -0.05) is 17.7 Å². The minimum Gasteiger partial charge on any atom is -0.325 e. The molecule has 13 heavy (non-hydrogen) atoms. The van der Waals surface area contributed by atoms with Gasteiger partial charge in [-0.2, -0.15) is 0 Å². The van der Waals surface area contributed by atoms with E-state index in [2.05, 4.69) is 0 Å². The maximum absolute atomic E-state index is 13.3. The first kappa shape index (κ1) is 8.97. The molecule has 0 aliphatic heterocycles. The van der Waals surface area contributed by atoms with Gasteiger partial charge in [0.15, 0.2) is 0 Å². The van der Waals surface area contributed by atoms with Crippen LogP contribution in [0.5, 0.6) is 0 Å². The standard InChI is InChI=1S/C10H11ClFN/c11-8-2-1-3-9(12)7(8)6-10(13)4-5-10/h1-3H,4-6,13H2. The fraction of sp³-hybridized carbons (Fsp3) is 0.400. The van der Waals surface area contributed by atoms with E-state index in [4.69, 9.17) is 17.3 Å². The van der Waals surface area contributed by atoms with Crippen LogP contribution in [0.1, 0.15) is 18.4 Å². The summed E-state index contributed by atoms with van der Waals surface area (Å²) < 4.78 is 13.3. The third-order valence-electron chi connectivity index (χ3n) is 2.48. The fourth-order valence-electron chi connectivity index (χ4n) is 1.39. The van der Waals surface area contributed by atoms with E-state index in [1.54, 1.807) is 12.1 Å². The van der Waals surface area contributed by atoms with Crippen LogP contribution in [0.25, 0.3) is 0 Å². The normalized spacial score (nSPS) is 18.7. The lowest BCUT2D eigenvalue weighted by Gasteiger charge is -2.10. The van der Waals surface area contributed by atoms with Gasteiger partial charge < -0.3 is 5.73 Å². The first-order valence-electron chi connectivity index (χ1n) is 4.32. The van der Waals surface area contributed by atoms with Crippen molar-refractivity contribution in [1.29, 1.82) is 0 Å². The summed E-state index contributed by atoms with van der Waals surface area (Å²) in [6.45, 7) is 0. The van der Waals surface area contributed by atoms with Crippen molar-refractivity contribution < 1.29 is 4.39 Å². The van der Waals surface area contributed by atoms with Crippen molar-refractivity contribution in [3.63, 3.8) is 0 Å². The maximum Gasteiger partial charge on any atom is 0.127 e. The van der Waals surface area contributed by atoms with Gasteiger partial charge in [-0.25, -0.2) is 4.39 Å². The first-order valence-corrected chi connectivity index (χ1v) is 4.70. The van der Waals surface area contributed by atoms with Gasteiger partial charge in [-0.15, -0.1) is 0 Å². The van der Waals surface area contributed by atoms with Crippen LogP contribution in [-0.4, -0.2) is 5.54 Å². The Kier molecular flexibility index (Phi) is 2.05. The summed E-state index contributed by atoms with van der Waals surface area (Å²) in [6.07, 6.45) is 2.49. The highest BCUT2D eigenvalue weighted by Gasteiger charge is 2.39. The molecule has 1 aliphatic rings. The Bertz CT molecular complexity index is 313. The number of halogens is 2. The Morgan fingerprint density at radius 3 is 2.69 bits per heavy atom. The van der Waals surface area contributed by atoms with Gasteiger partial charge in [0.05, 0.1) is 0 Å². The monoisotopic (exact) mass is 199 g/mol. The summed E-state index contributed by atoms with van der Waals surface area (Å²) in [6, 6.07) is 4.73. The van der Waals surface area contributed by atoms with Crippen LogP contribution in [0.3, 0.4) is 0 Å². The van der Waals surface area contributed by atoms with Crippen LogP contribution < -0.4 is 5.73 Å². The van der Waals surface area contributed by atoms with E-state index in [9.17, 15) is 4.39 Å². The van der Waals surface area contributed by atoms with Crippen LogP contribution in [0.4, 0.5) is 4.39 Å². The lowest BCUT2D eigenvalue weighted by atomic mass is 10.0. The molecule has 0 unspecified atom stereocenters. The maximum atomic E-state index is 13.3. The summed E-state index contributed by atoms with van der Waals surface area (Å²) in [5.41, 5.74) is 6.26. The number of benzene rings is 1. The molecule has 1 saturated carbocycles. The molecule has 2 rings (SSSR count). The van der Waals surface area contributed by atoms with Gasteiger partial charge in [0.1, 0.15) is 5.82 Å². The molecule has 1 aromatic rings. The van der Waals surface area contributed by atoms with Crippen molar-refractivity contribution >= 4 is 11.6 Å².